The van der Waals surface area contributed by atoms with Crippen molar-refractivity contribution < 1.29 is 14.3 Å². The summed E-state index contributed by atoms with van der Waals surface area (Å²) in [7, 11) is 0. The van der Waals surface area contributed by atoms with Gasteiger partial charge in [0.1, 0.15) is 17.2 Å². The molecule has 0 atom stereocenters. The molecule has 0 saturated carbocycles. The zero-order chi connectivity index (χ0) is 17.1. The van der Waals surface area contributed by atoms with Crippen molar-refractivity contribution in [3.63, 3.8) is 0 Å². The van der Waals surface area contributed by atoms with Gasteiger partial charge in [-0.05, 0) is 38.5 Å². The molecule has 1 N–H and O–H groups in total. The van der Waals surface area contributed by atoms with Gasteiger partial charge in [-0.1, -0.05) is 0 Å². The van der Waals surface area contributed by atoms with Gasteiger partial charge in [-0.3, -0.25) is 25.7 Å². The minimum Gasteiger partial charge on any atom is -0.460 e. The predicted molar refractivity (Wildman–Crippen MR) is 83.8 cm³/mol. The molecule has 0 saturated heterocycles. The third kappa shape index (κ3) is 3.51. The van der Waals surface area contributed by atoms with Gasteiger partial charge in [0.05, 0.1) is 15.9 Å². The first-order valence-electron chi connectivity index (χ1n) is 6.60. The average Bonchev–Trinajstić information content (AvgIpc) is 2.83. The van der Waals surface area contributed by atoms with Crippen molar-refractivity contribution in [2.24, 2.45) is 5.10 Å². The summed E-state index contributed by atoms with van der Waals surface area (Å²) in [6, 6.07) is 5.15. The smallest absolute Gasteiger partial charge is 0.301 e. The highest BCUT2D eigenvalue weighted by Gasteiger charge is 2.19. The first-order chi connectivity index (χ1) is 10.8. The summed E-state index contributed by atoms with van der Waals surface area (Å²) in [5.41, 5.74) is 3.22. The Balaban J connectivity index is 2.32. The molecule has 0 radical (unpaired) electrons. The molecule has 120 valence electrons. The van der Waals surface area contributed by atoms with Crippen LogP contribution in [0.5, 0.6) is 0 Å². The largest absolute Gasteiger partial charge is 0.460 e. The second kappa shape index (κ2) is 6.26. The van der Waals surface area contributed by atoms with Gasteiger partial charge < -0.3 is 4.42 Å². The van der Waals surface area contributed by atoms with E-state index in [9.17, 15) is 20.2 Å². The highest BCUT2D eigenvalue weighted by Crippen LogP contribution is 2.29. The normalized spacial score (nSPS) is 11.3. The summed E-state index contributed by atoms with van der Waals surface area (Å²) >= 11 is 0. The number of anilines is 1. The summed E-state index contributed by atoms with van der Waals surface area (Å²) in [5, 5.41) is 25.8. The molecular weight excluding hydrogens is 304 g/mol. The van der Waals surface area contributed by atoms with Crippen LogP contribution in [0, 0.1) is 34.1 Å². The van der Waals surface area contributed by atoms with Gasteiger partial charge in [-0.2, -0.15) is 5.10 Å². The molecule has 0 aliphatic heterocycles. The minimum atomic E-state index is -0.706. The first kappa shape index (κ1) is 16.1. The number of nitrogens with zero attached hydrogens (tertiary/aromatic N) is 3. The van der Waals surface area contributed by atoms with Gasteiger partial charge in [0, 0.05) is 6.07 Å². The number of hydrazone groups is 1. The maximum atomic E-state index is 11.0. The molecule has 0 amide bonds. The van der Waals surface area contributed by atoms with Gasteiger partial charge in [0.2, 0.25) is 0 Å². The number of benzene rings is 1. The van der Waals surface area contributed by atoms with Crippen LogP contribution in [0.3, 0.4) is 0 Å². The second-order valence-electron chi connectivity index (χ2n) is 4.89. The van der Waals surface area contributed by atoms with E-state index in [-0.39, 0.29) is 11.4 Å². The summed E-state index contributed by atoms with van der Waals surface area (Å²) in [5.74, 6) is 1.30. The van der Waals surface area contributed by atoms with Gasteiger partial charge in [0.25, 0.3) is 5.69 Å². The summed E-state index contributed by atoms with van der Waals surface area (Å²) < 4.78 is 5.50. The molecule has 0 aliphatic carbocycles. The van der Waals surface area contributed by atoms with E-state index in [2.05, 4.69) is 10.5 Å². The Kier molecular flexibility index (Phi) is 4.39. The first-order valence-corrected chi connectivity index (χ1v) is 6.60. The predicted octanol–water partition coefficient (Wildman–Crippen LogP) is 3.55. The van der Waals surface area contributed by atoms with Crippen LogP contribution < -0.4 is 5.43 Å². The van der Waals surface area contributed by atoms with Crippen molar-refractivity contribution in [1.29, 1.82) is 0 Å². The Hall–Kier alpha value is -3.23. The molecule has 0 bridgehead atoms. The van der Waals surface area contributed by atoms with Crippen LogP contribution in [0.1, 0.15) is 24.0 Å². The number of nitro benzene ring substituents is 2. The molecule has 9 heteroatoms. The molecule has 23 heavy (non-hydrogen) atoms. The highest BCUT2D eigenvalue weighted by atomic mass is 16.6. The summed E-state index contributed by atoms with van der Waals surface area (Å²) in [6.07, 6.45) is 0. The Bertz CT molecular complexity index is 809. The Morgan fingerprint density at radius 1 is 1.17 bits per heavy atom. The van der Waals surface area contributed by atoms with Crippen molar-refractivity contribution in [3.05, 3.63) is 61.6 Å². The Labute approximate surface area is 130 Å². The molecule has 1 aromatic heterocycles. The van der Waals surface area contributed by atoms with Crippen LogP contribution in [0.15, 0.2) is 33.8 Å². The molecule has 0 fully saturated rings. The second-order valence-corrected chi connectivity index (χ2v) is 4.89. The lowest BCUT2D eigenvalue weighted by Gasteiger charge is -2.04. The monoisotopic (exact) mass is 318 g/mol. The fourth-order valence-electron chi connectivity index (χ4n) is 2.07. The van der Waals surface area contributed by atoms with Crippen LogP contribution in [-0.4, -0.2) is 15.6 Å². The lowest BCUT2D eigenvalue weighted by Crippen LogP contribution is -2.02. The van der Waals surface area contributed by atoms with Gasteiger partial charge in [0.15, 0.2) is 5.76 Å². The molecule has 2 aromatic rings. The van der Waals surface area contributed by atoms with Crippen molar-refractivity contribution >= 4 is 22.8 Å². The maximum absolute atomic E-state index is 11.0. The fourth-order valence-corrected chi connectivity index (χ4v) is 2.07. The van der Waals surface area contributed by atoms with Gasteiger partial charge in [-0.15, -0.1) is 0 Å². The third-order valence-corrected chi connectivity index (χ3v) is 3.10. The zero-order valence-electron chi connectivity index (χ0n) is 12.7. The molecule has 1 heterocycles. The van der Waals surface area contributed by atoms with Crippen LogP contribution in [0.4, 0.5) is 17.1 Å². The lowest BCUT2D eigenvalue weighted by atomic mass is 10.2. The van der Waals surface area contributed by atoms with Crippen LogP contribution in [-0.2, 0) is 0 Å². The van der Waals surface area contributed by atoms with E-state index in [1.165, 1.54) is 12.1 Å². The third-order valence-electron chi connectivity index (χ3n) is 3.10. The molecule has 2 rings (SSSR count). The lowest BCUT2D eigenvalue weighted by molar-refractivity contribution is -0.393. The Morgan fingerprint density at radius 3 is 2.39 bits per heavy atom. The SMILES string of the molecule is CC(=NNc1ccc([N+](=O)[O-])cc1[N+](=O)[O-])c1oc(C)cc1C. The number of aryl methyl sites for hydroxylation is 2. The van der Waals surface area contributed by atoms with E-state index < -0.39 is 15.5 Å². The zero-order valence-corrected chi connectivity index (χ0v) is 12.7. The van der Waals surface area contributed by atoms with E-state index >= 15 is 0 Å². The standard InChI is InChI=1S/C14H14N4O5/c1-8-6-9(2)23-14(8)10(3)15-16-12-5-4-11(17(19)20)7-13(12)18(21)22/h4-7,16H,1-3H3. The van der Waals surface area contributed by atoms with E-state index in [4.69, 9.17) is 4.42 Å². The average molecular weight is 318 g/mol. The summed E-state index contributed by atoms with van der Waals surface area (Å²) in [6.45, 7) is 5.35. The van der Waals surface area contributed by atoms with Crippen LogP contribution >= 0.6 is 0 Å². The molecule has 1 aromatic carbocycles. The molecule has 0 spiro atoms. The van der Waals surface area contributed by atoms with E-state index in [1.54, 1.807) is 13.8 Å². The Morgan fingerprint density at radius 2 is 1.87 bits per heavy atom. The number of non-ortho nitro benzene ring substituents is 1. The molecule has 0 unspecified atom stereocenters. The molecule has 9 nitrogen and oxygen atoms in total. The number of nitrogens with one attached hydrogen (secondary N) is 1. The number of hydrogen-bond donors (Lipinski definition) is 1. The van der Waals surface area contributed by atoms with Crippen molar-refractivity contribution in [1.82, 2.24) is 0 Å². The maximum Gasteiger partial charge on any atom is 0.301 e. The fraction of sp³-hybridized carbons (Fsp3) is 0.214. The van der Waals surface area contributed by atoms with Gasteiger partial charge >= 0.3 is 5.69 Å². The molecule has 0 aliphatic rings. The van der Waals surface area contributed by atoms with Crippen molar-refractivity contribution in [3.8, 4) is 0 Å². The molecular formula is C14H14N4O5. The number of furan rings is 1. The highest BCUT2D eigenvalue weighted by molar-refractivity contribution is 5.98. The van der Waals surface area contributed by atoms with Crippen molar-refractivity contribution in [2.75, 3.05) is 5.43 Å². The van der Waals surface area contributed by atoms with Crippen LogP contribution in [0.2, 0.25) is 0 Å². The van der Waals surface area contributed by atoms with E-state index in [0.29, 0.717) is 11.5 Å². The number of nitro groups is 2. The summed E-state index contributed by atoms with van der Waals surface area (Å²) in [4.78, 5) is 20.3. The number of hydrogen-bond acceptors (Lipinski definition) is 7. The topological polar surface area (TPSA) is 124 Å². The van der Waals surface area contributed by atoms with Crippen molar-refractivity contribution in [2.45, 2.75) is 20.8 Å². The quantitative estimate of drug-likeness (QED) is 0.510. The van der Waals surface area contributed by atoms with E-state index in [1.807, 2.05) is 13.0 Å². The van der Waals surface area contributed by atoms with Crippen LogP contribution in [0.25, 0.3) is 0 Å². The van der Waals surface area contributed by atoms with E-state index in [0.717, 1.165) is 17.4 Å². The minimum absolute atomic E-state index is 0.0564. The van der Waals surface area contributed by atoms with Gasteiger partial charge in [-0.25, -0.2) is 0 Å². The number of rotatable bonds is 5.